The van der Waals surface area contributed by atoms with Crippen molar-refractivity contribution in [1.29, 1.82) is 0 Å². The smallest absolute Gasteiger partial charge is 0.261 e. The fraction of sp³-hybridized carbons (Fsp3) is 0.310. The molecule has 0 radical (unpaired) electrons. The van der Waals surface area contributed by atoms with Crippen LogP contribution in [0.2, 0.25) is 5.02 Å². The maximum atomic E-state index is 13.3. The number of fused-ring (bicyclic) bond motifs is 1. The van der Waals surface area contributed by atoms with E-state index in [4.69, 9.17) is 21.3 Å². The highest BCUT2D eigenvalue weighted by molar-refractivity contribution is 6.30. The molecule has 0 atom stereocenters. The molecule has 4 aromatic rings. The number of aromatic nitrogens is 2. The van der Waals surface area contributed by atoms with Gasteiger partial charge in [-0.25, -0.2) is 4.98 Å². The molecule has 3 aromatic carbocycles. The SMILES string of the molecule is Cc1ccc(C)c(OCCCCCCn2c(-c3ccc(Cl)cc3)nc3ccccc3c2=O)c1C. The number of benzene rings is 3. The number of rotatable bonds is 9. The molecule has 0 aliphatic carbocycles. The Morgan fingerprint density at radius 2 is 1.56 bits per heavy atom. The van der Waals surface area contributed by atoms with Crippen LogP contribution in [0.5, 0.6) is 5.75 Å². The number of halogens is 1. The molecule has 0 bridgehead atoms. The maximum absolute atomic E-state index is 13.3. The lowest BCUT2D eigenvalue weighted by Crippen LogP contribution is -2.23. The highest BCUT2D eigenvalue weighted by Crippen LogP contribution is 2.26. The summed E-state index contributed by atoms with van der Waals surface area (Å²) in [5.41, 5.74) is 5.27. The number of para-hydroxylation sites is 1. The average molecular weight is 475 g/mol. The van der Waals surface area contributed by atoms with Crippen LogP contribution in [-0.4, -0.2) is 16.2 Å². The van der Waals surface area contributed by atoms with Gasteiger partial charge in [0.15, 0.2) is 0 Å². The Bertz CT molecular complexity index is 1340. The number of unbranched alkanes of at least 4 members (excludes halogenated alkanes) is 3. The number of aryl methyl sites for hydroxylation is 2. The zero-order valence-corrected chi connectivity index (χ0v) is 20.9. The first-order valence-corrected chi connectivity index (χ1v) is 12.3. The molecule has 0 aliphatic rings. The second-order valence-corrected chi connectivity index (χ2v) is 9.27. The Hall–Kier alpha value is -3.11. The van der Waals surface area contributed by atoms with Crippen LogP contribution in [0.3, 0.4) is 0 Å². The Morgan fingerprint density at radius 3 is 2.35 bits per heavy atom. The number of hydrogen-bond donors (Lipinski definition) is 0. The van der Waals surface area contributed by atoms with Crippen LogP contribution in [0.25, 0.3) is 22.3 Å². The standard InChI is InChI=1S/C29H31ClN2O2/c1-20-12-13-21(2)27(22(20)3)34-19-9-5-4-8-18-32-28(23-14-16-24(30)17-15-23)31-26-11-7-6-10-25(26)29(32)33/h6-7,10-17H,4-5,8-9,18-19H2,1-3H3. The minimum Gasteiger partial charge on any atom is -0.493 e. The molecule has 1 aromatic heterocycles. The van der Waals surface area contributed by atoms with E-state index in [1.165, 1.54) is 16.7 Å². The van der Waals surface area contributed by atoms with Crippen molar-refractivity contribution in [2.24, 2.45) is 0 Å². The van der Waals surface area contributed by atoms with Crippen molar-refractivity contribution in [3.05, 3.63) is 92.7 Å². The number of ether oxygens (including phenoxy) is 1. The van der Waals surface area contributed by atoms with E-state index in [1.807, 2.05) is 53.1 Å². The van der Waals surface area contributed by atoms with Crippen LogP contribution in [0.15, 0.2) is 65.5 Å². The first-order chi connectivity index (χ1) is 16.5. The van der Waals surface area contributed by atoms with Gasteiger partial charge in [0.1, 0.15) is 11.6 Å². The summed E-state index contributed by atoms with van der Waals surface area (Å²) >= 11 is 6.07. The molecule has 0 N–H and O–H groups in total. The van der Waals surface area contributed by atoms with E-state index in [9.17, 15) is 4.79 Å². The van der Waals surface area contributed by atoms with Crippen molar-refractivity contribution < 1.29 is 4.74 Å². The topological polar surface area (TPSA) is 44.1 Å². The first-order valence-electron chi connectivity index (χ1n) is 11.9. The minimum atomic E-state index is 0.00396. The summed E-state index contributed by atoms with van der Waals surface area (Å²) < 4.78 is 7.90. The zero-order valence-electron chi connectivity index (χ0n) is 20.1. The largest absolute Gasteiger partial charge is 0.493 e. The van der Waals surface area contributed by atoms with Gasteiger partial charge in [-0.1, -0.05) is 48.7 Å². The van der Waals surface area contributed by atoms with Crippen LogP contribution in [0.4, 0.5) is 0 Å². The van der Waals surface area contributed by atoms with E-state index in [-0.39, 0.29) is 5.56 Å². The second kappa shape index (κ2) is 10.9. The predicted molar refractivity (Wildman–Crippen MR) is 141 cm³/mol. The Labute approximate surface area is 206 Å². The maximum Gasteiger partial charge on any atom is 0.261 e. The summed E-state index contributed by atoms with van der Waals surface area (Å²) in [5, 5.41) is 1.31. The lowest BCUT2D eigenvalue weighted by molar-refractivity contribution is 0.300. The molecule has 34 heavy (non-hydrogen) atoms. The van der Waals surface area contributed by atoms with E-state index in [1.54, 1.807) is 0 Å². The van der Waals surface area contributed by atoms with E-state index in [2.05, 4.69) is 32.9 Å². The summed E-state index contributed by atoms with van der Waals surface area (Å²) in [7, 11) is 0. The van der Waals surface area contributed by atoms with Gasteiger partial charge in [-0.05, 0) is 86.7 Å². The van der Waals surface area contributed by atoms with Gasteiger partial charge >= 0.3 is 0 Å². The monoisotopic (exact) mass is 474 g/mol. The molecular weight excluding hydrogens is 444 g/mol. The Morgan fingerprint density at radius 1 is 0.853 bits per heavy atom. The molecular formula is C29H31ClN2O2. The van der Waals surface area contributed by atoms with E-state index in [0.717, 1.165) is 37.0 Å². The van der Waals surface area contributed by atoms with Crippen molar-refractivity contribution in [1.82, 2.24) is 9.55 Å². The van der Waals surface area contributed by atoms with Crippen molar-refractivity contribution >= 4 is 22.5 Å². The predicted octanol–water partition coefficient (Wildman–Crippen LogP) is 7.28. The third-order valence-corrected chi connectivity index (χ3v) is 6.61. The Balaban J connectivity index is 1.40. The molecule has 0 spiro atoms. The molecule has 5 heteroatoms. The Kier molecular flexibility index (Phi) is 7.69. The summed E-state index contributed by atoms with van der Waals surface area (Å²) in [6.07, 6.45) is 3.97. The van der Waals surface area contributed by atoms with Gasteiger partial charge < -0.3 is 4.74 Å². The summed E-state index contributed by atoms with van der Waals surface area (Å²) in [5.74, 6) is 1.70. The quantitative estimate of drug-likeness (QED) is 0.239. The summed E-state index contributed by atoms with van der Waals surface area (Å²) in [4.78, 5) is 18.1. The third-order valence-electron chi connectivity index (χ3n) is 6.36. The molecule has 0 unspecified atom stereocenters. The van der Waals surface area contributed by atoms with Crippen molar-refractivity contribution in [3.8, 4) is 17.1 Å². The van der Waals surface area contributed by atoms with Crippen LogP contribution >= 0.6 is 11.6 Å². The fourth-order valence-electron chi connectivity index (χ4n) is 4.24. The molecule has 0 saturated carbocycles. The lowest BCUT2D eigenvalue weighted by Gasteiger charge is -2.15. The van der Waals surface area contributed by atoms with E-state index >= 15 is 0 Å². The van der Waals surface area contributed by atoms with Crippen LogP contribution in [0.1, 0.15) is 42.4 Å². The minimum absolute atomic E-state index is 0.00396. The van der Waals surface area contributed by atoms with Gasteiger partial charge in [0.05, 0.1) is 17.5 Å². The number of nitrogens with zero attached hydrogens (tertiary/aromatic N) is 2. The van der Waals surface area contributed by atoms with Crippen molar-refractivity contribution in [2.45, 2.75) is 53.0 Å². The van der Waals surface area contributed by atoms with Crippen LogP contribution < -0.4 is 10.3 Å². The molecule has 0 amide bonds. The molecule has 1 heterocycles. The van der Waals surface area contributed by atoms with E-state index < -0.39 is 0 Å². The zero-order chi connectivity index (χ0) is 24.1. The highest BCUT2D eigenvalue weighted by atomic mass is 35.5. The molecule has 0 fully saturated rings. The van der Waals surface area contributed by atoms with Gasteiger partial charge in [-0.15, -0.1) is 0 Å². The third kappa shape index (κ3) is 5.34. The number of hydrogen-bond acceptors (Lipinski definition) is 3. The van der Waals surface area contributed by atoms with Crippen molar-refractivity contribution in [2.75, 3.05) is 6.61 Å². The average Bonchev–Trinajstić information content (AvgIpc) is 2.84. The van der Waals surface area contributed by atoms with Crippen molar-refractivity contribution in [3.63, 3.8) is 0 Å². The first kappa shape index (κ1) is 24.0. The second-order valence-electron chi connectivity index (χ2n) is 8.83. The van der Waals surface area contributed by atoms with Crippen LogP contribution in [0, 0.1) is 20.8 Å². The molecule has 4 rings (SSSR count). The molecule has 176 valence electrons. The van der Waals surface area contributed by atoms with Crippen LogP contribution in [-0.2, 0) is 6.54 Å². The van der Waals surface area contributed by atoms with E-state index in [0.29, 0.717) is 34.9 Å². The van der Waals surface area contributed by atoms with Gasteiger partial charge in [-0.2, -0.15) is 0 Å². The van der Waals surface area contributed by atoms with Gasteiger partial charge in [0.25, 0.3) is 5.56 Å². The molecule has 0 aliphatic heterocycles. The summed E-state index contributed by atoms with van der Waals surface area (Å²) in [6.45, 7) is 7.66. The van der Waals surface area contributed by atoms with Gasteiger partial charge in [0.2, 0.25) is 0 Å². The highest BCUT2D eigenvalue weighted by Gasteiger charge is 2.13. The van der Waals surface area contributed by atoms with Gasteiger partial charge in [0, 0.05) is 17.1 Å². The summed E-state index contributed by atoms with van der Waals surface area (Å²) in [6, 6.07) is 19.3. The normalized spacial score (nSPS) is 11.2. The fourth-order valence-corrected chi connectivity index (χ4v) is 4.37. The molecule has 4 nitrogen and oxygen atoms in total. The van der Waals surface area contributed by atoms with Gasteiger partial charge in [-0.3, -0.25) is 9.36 Å². The lowest BCUT2D eigenvalue weighted by atomic mass is 10.1. The molecule has 0 saturated heterocycles.